The molecule has 0 amide bonds. The molecule has 0 bridgehead atoms. The van der Waals surface area contributed by atoms with Crippen molar-refractivity contribution in [3.8, 4) is 0 Å². The van der Waals surface area contributed by atoms with E-state index in [0.29, 0.717) is 6.42 Å². The number of rotatable bonds is 10. The number of benzene rings is 1. The molecule has 0 radical (unpaired) electrons. The summed E-state index contributed by atoms with van der Waals surface area (Å²) in [5.41, 5.74) is 8.25. The number of hydrogen-bond acceptors (Lipinski definition) is 4. The minimum Gasteiger partial charge on any atom is -0.321 e. The van der Waals surface area contributed by atoms with Gasteiger partial charge in [0, 0.05) is 0 Å². The zero-order valence-corrected chi connectivity index (χ0v) is 16.2. The van der Waals surface area contributed by atoms with E-state index in [1.54, 1.807) is 0 Å². The van der Waals surface area contributed by atoms with Gasteiger partial charge in [-0.05, 0) is 36.8 Å². The van der Waals surface area contributed by atoms with Gasteiger partial charge in [-0.3, -0.25) is 9.05 Å². The van der Waals surface area contributed by atoms with Crippen LogP contribution in [0.5, 0.6) is 0 Å². The molecule has 0 saturated carbocycles. The highest BCUT2D eigenvalue weighted by Crippen LogP contribution is 2.47. The third-order valence-corrected chi connectivity index (χ3v) is 5.75. The molecule has 2 rings (SSSR count). The molecule has 1 saturated heterocycles. The number of hydrogen-bond donors (Lipinski definition) is 2. The van der Waals surface area contributed by atoms with Gasteiger partial charge in [0.15, 0.2) is 0 Å². The molecule has 6 heteroatoms. The topological polar surface area (TPSA) is 81.8 Å². The lowest BCUT2D eigenvalue weighted by Crippen LogP contribution is -2.51. The molecule has 1 aliphatic heterocycles. The van der Waals surface area contributed by atoms with Gasteiger partial charge in [-0.1, -0.05) is 63.3 Å². The van der Waals surface area contributed by atoms with E-state index < -0.39 is 13.4 Å². The van der Waals surface area contributed by atoms with Gasteiger partial charge in [0.1, 0.15) is 0 Å². The molecule has 1 aliphatic rings. The smallest absolute Gasteiger partial charge is 0.321 e. The summed E-state index contributed by atoms with van der Waals surface area (Å²) in [5, 5.41) is 0. The zero-order chi connectivity index (χ0) is 18.2. The average molecular weight is 369 g/mol. The van der Waals surface area contributed by atoms with Crippen LogP contribution in [0.1, 0.15) is 63.0 Å². The van der Waals surface area contributed by atoms with E-state index >= 15 is 0 Å². The summed E-state index contributed by atoms with van der Waals surface area (Å²) in [5.74, 6) is 0. The van der Waals surface area contributed by atoms with Crippen molar-refractivity contribution in [2.45, 2.75) is 70.3 Å². The second kappa shape index (κ2) is 9.84. The molecule has 1 fully saturated rings. The molecule has 0 unspecified atom stereocenters. The van der Waals surface area contributed by atoms with Crippen LogP contribution >= 0.6 is 7.82 Å². The van der Waals surface area contributed by atoms with Crippen molar-refractivity contribution in [1.29, 1.82) is 0 Å². The summed E-state index contributed by atoms with van der Waals surface area (Å²) >= 11 is 0. The monoisotopic (exact) mass is 369 g/mol. The van der Waals surface area contributed by atoms with Gasteiger partial charge in [0.05, 0.1) is 18.8 Å². The SMILES string of the molecule is CCCCCCCCc1ccccc1CCC1(N)COP(=O)(O)OC1. The second-order valence-corrected chi connectivity index (χ2v) is 8.62. The Morgan fingerprint density at radius 3 is 2.24 bits per heavy atom. The summed E-state index contributed by atoms with van der Waals surface area (Å²) in [6.45, 7) is 2.35. The first-order valence-electron chi connectivity index (χ1n) is 9.42. The van der Waals surface area contributed by atoms with E-state index in [1.807, 2.05) is 0 Å². The van der Waals surface area contributed by atoms with E-state index in [-0.39, 0.29) is 13.2 Å². The van der Waals surface area contributed by atoms with E-state index in [4.69, 9.17) is 14.8 Å². The fourth-order valence-electron chi connectivity index (χ4n) is 3.17. The van der Waals surface area contributed by atoms with Crippen LogP contribution in [0, 0.1) is 0 Å². The Balaban J connectivity index is 1.81. The Labute approximate surface area is 151 Å². The summed E-state index contributed by atoms with van der Waals surface area (Å²) in [4.78, 5) is 9.27. The maximum Gasteiger partial charge on any atom is 0.472 e. The fraction of sp³-hybridized carbons (Fsp3) is 0.684. The highest BCUT2D eigenvalue weighted by molar-refractivity contribution is 7.47. The Bertz CT molecular complexity index is 566. The average Bonchev–Trinajstić information content (AvgIpc) is 2.60. The Morgan fingerprint density at radius 1 is 1.04 bits per heavy atom. The molecule has 1 aromatic carbocycles. The van der Waals surface area contributed by atoms with Crippen LogP contribution in [0.25, 0.3) is 0 Å². The molecule has 1 heterocycles. The van der Waals surface area contributed by atoms with Crippen LogP contribution in [0.15, 0.2) is 24.3 Å². The molecule has 5 nitrogen and oxygen atoms in total. The highest BCUT2D eigenvalue weighted by atomic mass is 31.2. The lowest BCUT2D eigenvalue weighted by molar-refractivity contribution is 0.0372. The van der Waals surface area contributed by atoms with Gasteiger partial charge in [-0.2, -0.15) is 0 Å². The van der Waals surface area contributed by atoms with Crippen LogP contribution in [-0.2, 0) is 26.5 Å². The van der Waals surface area contributed by atoms with Crippen molar-refractivity contribution in [2.75, 3.05) is 13.2 Å². The largest absolute Gasteiger partial charge is 0.472 e. The first-order chi connectivity index (χ1) is 11.9. The van der Waals surface area contributed by atoms with E-state index in [1.165, 1.54) is 49.7 Å². The number of unbranched alkanes of at least 4 members (excludes halogenated alkanes) is 5. The summed E-state index contributed by atoms with van der Waals surface area (Å²) in [6, 6.07) is 8.49. The fourth-order valence-corrected chi connectivity index (χ4v) is 4.08. The zero-order valence-electron chi connectivity index (χ0n) is 15.3. The molecule has 0 spiro atoms. The van der Waals surface area contributed by atoms with Crippen LogP contribution in [0.4, 0.5) is 0 Å². The van der Waals surface area contributed by atoms with Crippen molar-refractivity contribution in [2.24, 2.45) is 5.73 Å². The molecule has 0 aliphatic carbocycles. The van der Waals surface area contributed by atoms with Gasteiger partial charge < -0.3 is 10.6 Å². The molecule has 1 aromatic rings. The molecular formula is C19H32NO4P. The van der Waals surface area contributed by atoms with Crippen molar-refractivity contribution in [1.82, 2.24) is 0 Å². The summed E-state index contributed by atoms with van der Waals surface area (Å²) in [7, 11) is -3.88. The van der Waals surface area contributed by atoms with E-state index in [9.17, 15) is 9.46 Å². The lowest BCUT2D eigenvalue weighted by Gasteiger charge is -2.34. The van der Waals surface area contributed by atoms with Crippen LogP contribution in [-0.4, -0.2) is 23.6 Å². The van der Waals surface area contributed by atoms with Crippen molar-refractivity contribution in [3.05, 3.63) is 35.4 Å². The molecule has 25 heavy (non-hydrogen) atoms. The van der Waals surface area contributed by atoms with Crippen molar-refractivity contribution < 1.29 is 18.5 Å². The molecule has 0 aromatic heterocycles. The summed E-state index contributed by atoms with van der Waals surface area (Å²) in [6.07, 6.45) is 10.4. The first kappa shape index (κ1) is 20.6. The molecule has 3 N–H and O–H groups in total. The maximum absolute atomic E-state index is 11.3. The Kier molecular flexibility index (Phi) is 8.11. The number of aryl methyl sites for hydroxylation is 2. The number of phosphoric acid groups is 1. The summed E-state index contributed by atoms with van der Waals surface area (Å²) < 4.78 is 21.1. The van der Waals surface area contributed by atoms with E-state index in [2.05, 4.69) is 31.2 Å². The third kappa shape index (κ3) is 7.20. The van der Waals surface area contributed by atoms with Crippen LogP contribution < -0.4 is 5.73 Å². The number of nitrogens with two attached hydrogens (primary N) is 1. The predicted octanol–water partition coefficient (Wildman–Crippen LogP) is 4.37. The molecular weight excluding hydrogens is 337 g/mol. The second-order valence-electron chi connectivity index (χ2n) is 7.16. The van der Waals surface area contributed by atoms with Gasteiger partial charge in [-0.25, -0.2) is 4.57 Å². The van der Waals surface area contributed by atoms with Gasteiger partial charge in [-0.15, -0.1) is 0 Å². The quantitative estimate of drug-likeness (QED) is 0.473. The number of phosphoric ester groups is 1. The van der Waals surface area contributed by atoms with Crippen LogP contribution in [0.2, 0.25) is 0 Å². The Hall–Kier alpha value is -0.710. The first-order valence-corrected chi connectivity index (χ1v) is 10.9. The highest BCUT2D eigenvalue weighted by Gasteiger charge is 2.38. The van der Waals surface area contributed by atoms with Crippen molar-refractivity contribution in [3.63, 3.8) is 0 Å². The van der Waals surface area contributed by atoms with E-state index in [0.717, 1.165) is 12.8 Å². The predicted molar refractivity (Wildman–Crippen MR) is 100 cm³/mol. The minimum atomic E-state index is -3.88. The Morgan fingerprint density at radius 2 is 1.60 bits per heavy atom. The standard InChI is InChI=1S/C19H32NO4P/c1-2-3-4-5-6-7-10-17-11-8-9-12-18(17)13-14-19(20)15-23-25(21,22)24-16-19/h8-9,11-12H,2-7,10,13-16,20H2,1H3,(H,21,22). The molecule has 0 atom stereocenters. The normalized spacial score (nSPS) is 26.7. The molecule has 142 valence electrons. The van der Waals surface area contributed by atoms with Gasteiger partial charge >= 0.3 is 7.82 Å². The lowest BCUT2D eigenvalue weighted by atomic mass is 9.91. The van der Waals surface area contributed by atoms with Gasteiger partial charge in [0.2, 0.25) is 0 Å². The van der Waals surface area contributed by atoms with Gasteiger partial charge in [0.25, 0.3) is 0 Å². The minimum absolute atomic E-state index is 0.0559. The van der Waals surface area contributed by atoms with Crippen LogP contribution in [0.3, 0.4) is 0 Å². The maximum atomic E-state index is 11.3. The third-order valence-electron chi connectivity index (χ3n) is 4.84. The van der Waals surface area contributed by atoms with Crippen molar-refractivity contribution >= 4 is 7.82 Å².